The van der Waals surface area contributed by atoms with Gasteiger partial charge in [-0.15, -0.1) is 0 Å². The molecular weight excluding hydrogens is 250 g/mol. The van der Waals surface area contributed by atoms with Gasteiger partial charge in [0.2, 0.25) is 0 Å². The van der Waals surface area contributed by atoms with Crippen molar-refractivity contribution in [2.24, 2.45) is 0 Å². The van der Waals surface area contributed by atoms with Gasteiger partial charge in [0, 0.05) is 26.0 Å². The number of benzene rings is 1. The van der Waals surface area contributed by atoms with E-state index in [2.05, 4.69) is 10.1 Å². The fraction of sp³-hybridized carbons (Fsp3) is 0.462. The average molecular weight is 269 g/mol. The van der Waals surface area contributed by atoms with E-state index in [0.717, 1.165) is 5.69 Å². The van der Waals surface area contributed by atoms with Crippen LogP contribution in [0.25, 0.3) is 0 Å². The number of methoxy groups -OCH3 is 4. The van der Waals surface area contributed by atoms with Crippen LogP contribution < -0.4 is 10.1 Å². The van der Waals surface area contributed by atoms with Crippen LogP contribution in [0.4, 0.5) is 5.69 Å². The fourth-order valence-corrected chi connectivity index (χ4v) is 1.54. The third-order valence-electron chi connectivity index (χ3n) is 2.61. The number of hydrogen-bond acceptors (Lipinski definition) is 6. The third kappa shape index (κ3) is 4.11. The first-order chi connectivity index (χ1) is 9.15. The Labute approximate surface area is 112 Å². The van der Waals surface area contributed by atoms with Crippen molar-refractivity contribution in [1.82, 2.24) is 0 Å². The van der Waals surface area contributed by atoms with Crippen LogP contribution in [0.2, 0.25) is 0 Å². The first kappa shape index (κ1) is 15.3. The predicted octanol–water partition coefficient (Wildman–Crippen LogP) is 1.51. The van der Waals surface area contributed by atoms with E-state index in [9.17, 15) is 4.79 Å². The molecule has 6 heteroatoms. The second-order valence-corrected chi connectivity index (χ2v) is 3.69. The van der Waals surface area contributed by atoms with Crippen molar-refractivity contribution in [2.75, 3.05) is 40.3 Å². The molecule has 0 amide bonds. The van der Waals surface area contributed by atoms with Gasteiger partial charge in [-0.1, -0.05) is 0 Å². The average Bonchev–Trinajstić information content (AvgIpc) is 2.47. The molecule has 106 valence electrons. The summed E-state index contributed by atoms with van der Waals surface area (Å²) in [5, 5.41) is 3.12. The van der Waals surface area contributed by atoms with Crippen molar-refractivity contribution in [1.29, 1.82) is 0 Å². The van der Waals surface area contributed by atoms with E-state index < -0.39 is 5.97 Å². The van der Waals surface area contributed by atoms with Gasteiger partial charge in [-0.25, -0.2) is 4.79 Å². The summed E-state index contributed by atoms with van der Waals surface area (Å²) in [4.78, 5) is 11.5. The van der Waals surface area contributed by atoms with E-state index in [1.165, 1.54) is 14.2 Å². The van der Waals surface area contributed by atoms with Crippen molar-refractivity contribution < 1.29 is 23.7 Å². The SMILES string of the molecule is COC(=O)c1ccc(NCC(OC)OC)cc1OC. The van der Waals surface area contributed by atoms with E-state index in [-0.39, 0.29) is 6.29 Å². The lowest BCUT2D eigenvalue weighted by Gasteiger charge is -2.16. The van der Waals surface area contributed by atoms with Gasteiger partial charge in [0.05, 0.1) is 20.8 Å². The molecule has 1 aromatic carbocycles. The molecule has 0 radical (unpaired) electrons. The van der Waals surface area contributed by atoms with Gasteiger partial charge < -0.3 is 24.3 Å². The standard InChI is InChI=1S/C13H19NO5/c1-16-11-7-9(14-8-12(17-2)18-3)5-6-10(11)13(15)19-4/h5-7,12,14H,8H2,1-4H3. The van der Waals surface area contributed by atoms with Crippen LogP contribution in [0, 0.1) is 0 Å². The van der Waals surface area contributed by atoms with Gasteiger partial charge in [-0.2, -0.15) is 0 Å². The normalized spacial score (nSPS) is 10.4. The Morgan fingerprint density at radius 1 is 1.21 bits per heavy atom. The molecule has 6 nitrogen and oxygen atoms in total. The second kappa shape index (κ2) is 7.60. The molecule has 0 aliphatic heterocycles. The molecule has 0 saturated carbocycles. The number of rotatable bonds is 7. The molecule has 0 heterocycles. The summed E-state index contributed by atoms with van der Waals surface area (Å²) in [5.74, 6) is 0.0123. The minimum atomic E-state index is -0.435. The highest BCUT2D eigenvalue weighted by atomic mass is 16.7. The van der Waals surface area contributed by atoms with E-state index in [4.69, 9.17) is 14.2 Å². The Kier molecular flexibility index (Phi) is 6.11. The van der Waals surface area contributed by atoms with E-state index >= 15 is 0 Å². The Balaban J connectivity index is 2.79. The molecule has 0 spiro atoms. The first-order valence-corrected chi connectivity index (χ1v) is 5.72. The quantitative estimate of drug-likeness (QED) is 0.598. The number of anilines is 1. The monoisotopic (exact) mass is 269 g/mol. The van der Waals surface area contributed by atoms with Gasteiger partial charge in [-0.3, -0.25) is 0 Å². The summed E-state index contributed by atoms with van der Waals surface area (Å²) in [6, 6.07) is 5.12. The van der Waals surface area contributed by atoms with Gasteiger partial charge in [-0.05, 0) is 12.1 Å². The highest BCUT2D eigenvalue weighted by Crippen LogP contribution is 2.23. The molecule has 0 aliphatic rings. The molecule has 0 saturated heterocycles. The van der Waals surface area contributed by atoms with Crippen molar-refractivity contribution >= 4 is 11.7 Å². The van der Waals surface area contributed by atoms with Crippen LogP contribution in [-0.4, -0.2) is 47.2 Å². The summed E-state index contributed by atoms with van der Waals surface area (Å²) in [6.45, 7) is 0.480. The molecular formula is C13H19NO5. The van der Waals surface area contributed by atoms with E-state index in [1.54, 1.807) is 32.4 Å². The molecule has 0 aromatic heterocycles. The lowest BCUT2D eigenvalue weighted by molar-refractivity contribution is -0.0914. The summed E-state index contributed by atoms with van der Waals surface area (Å²) in [7, 11) is 5.96. The molecule has 1 N–H and O–H groups in total. The minimum Gasteiger partial charge on any atom is -0.496 e. The molecule has 0 atom stereocenters. The number of esters is 1. The zero-order valence-corrected chi connectivity index (χ0v) is 11.6. The molecule has 0 unspecified atom stereocenters. The lowest BCUT2D eigenvalue weighted by atomic mass is 10.2. The molecule has 1 rings (SSSR count). The maximum Gasteiger partial charge on any atom is 0.341 e. The van der Waals surface area contributed by atoms with Crippen molar-refractivity contribution in [3.8, 4) is 5.75 Å². The highest BCUT2D eigenvalue weighted by molar-refractivity contribution is 5.93. The Morgan fingerprint density at radius 3 is 2.42 bits per heavy atom. The van der Waals surface area contributed by atoms with Crippen molar-refractivity contribution in [3.05, 3.63) is 23.8 Å². The van der Waals surface area contributed by atoms with Crippen LogP contribution in [-0.2, 0) is 14.2 Å². The van der Waals surface area contributed by atoms with Crippen molar-refractivity contribution in [3.63, 3.8) is 0 Å². The van der Waals surface area contributed by atoms with Crippen LogP contribution in [0.1, 0.15) is 10.4 Å². The predicted molar refractivity (Wildman–Crippen MR) is 70.6 cm³/mol. The molecule has 19 heavy (non-hydrogen) atoms. The number of carbonyl (C=O) groups is 1. The summed E-state index contributed by atoms with van der Waals surface area (Å²) in [5.41, 5.74) is 1.18. The third-order valence-corrected chi connectivity index (χ3v) is 2.61. The van der Waals surface area contributed by atoms with Gasteiger partial charge >= 0.3 is 5.97 Å². The Bertz CT molecular complexity index is 417. The summed E-state index contributed by atoms with van der Waals surface area (Å²) >= 11 is 0. The minimum absolute atomic E-state index is 0.341. The largest absolute Gasteiger partial charge is 0.496 e. The van der Waals surface area contributed by atoms with Crippen LogP contribution in [0.5, 0.6) is 5.75 Å². The van der Waals surface area contributed by atoms with Gasteiger partial charge in [0.25, 0.3) is 0 Å². The number of carbonyl (C=O) groups excluding carboxylic acids is 1. The topological polar surface area (TPSA) is 66.0 Å². The van der Waals surface area contributed by atoms with Crippen LogP contribution in [0.15, 0.2) is 18.2 Å². The molecule has 0 aliphatic carbocycles. The number of ether oxygens (including phenoxy) is 4. The zero-order valence-electron chi connectivity index (χ0n) is 11.6. The maximum atomic E-state index is 11.5. The van der Waals surface area contributed by atoms with Gasteiger partial charge in [0.1, 0.15) is 11.3 Å². The maximum absolute atomic E-state index is 11.5. The van der Waals surface area contributed by atoms with Crippen LogP contribution >= 0.6 is 0 Å². The first-order valence-electron chi connectivity index (χ1n) is 5.72. The smallest absolute Gasteiger partial charge is 0.341 e. The second-order valence-electron chi connectivity index (χ2n) is 3.69. The zero-order chi connectivity index (χ0) is 14.3. The summed E-state index contributed by atoms with van der Waals surface area (Å²) in [6.07, 6.45) is -0.341. The Hall–Kier alpha value is -1.79. The number of nitrogens with one attached hydrogen (secondary N) is 1. The van der Waals surface area contributed by atoms with E-state index in [1.807, 2.05) is 0 Å². The molecule has 1 aromatic rings. The van der Waals surface area contributed by atoms with Gasteiger partial charge in [0.15, 0.2) is 6.29 Å². The fourth-order valence-electron chi connectivity index (χ4n) is 1.54. The lowest BCUT2D eigenvalue weighted by Crippen LogP contribution is -2.23. The molecule has 0 bridgehead atoms. The van der Waals surface area contributed by atoms with E-state index in [0.29, 0.717) is 17.9 Å². The highest BCUT2D eigenvalue weighted by Gasteiger charge is 2.13. The summed E-state index contributed by atoms with van der Waals surface area (Å²) < 4.78 is 20.0. The molecule has 0 fully saturated rings. The Morgan fingerprint density at radius 2 is 1.89 bits per heavy atom. The van der Waals surface area contributed by atoms with Crippen LogP contribution in [0.3, 0.4) is 0 Å². The number of hydrogen-bond donors (Lipinski definition) is 1. The van der Waals surface area contributed by atoms with Crippen molar-refractivity contribution in [2.45, 2.75) is 6.29 Å².